The van der Waals surface area contributed by atoms with Gasteiger partial charge in [-0.1, -0.05) is 18.2 Å². The van der Waals surface area contributed by atoms with Gasteiger partial charge in [0.1, 0.15) is 35.9 Å². The predicted octanol–water partition coefficient (Wildman–Crippen LogP) is 3.65. The smallest absolute Gasteiger partial charge is 0.417 e. The Bertz CT molecular complexity index is 1220. The Morgan fingerprint density at radius 1 is 1.06 bits per heavy atom. The first kappa shape index (κ1) is 24.6. The number of ether oxygens (including phenoxy) is 1. The van der Waals surface area contributed by atoms with Gasteiger partial charge in [-0.05, 0) is 70.7 Å². The molecule has 3 fully saturated rings. The zero-order chi connectivity index (χ0) is 25.8. The topological polar surface area (TPSA) is 93.3 Å². The SMILES string of the molecule is O[C@H](COc1ccc(C23CC(C[C@@](O)(Cn4cnnn4)c4ccc(F)cc4F)(C2)C3)cc1)C(F)(F)F. The van der Waals surface area contributed by atoms with E-state index in [4.69, 9.17) is 9.84 Å². The molecule has 6 rings (SSSR count). The average Bonchev–Trinajstić information content (AvgIpc) is 3.26. The van der Waals surface area contributed by atoms with E-state index in [0.717, 1.165) is 37.0 Å². The van der Waals surface area contributed by atoms with Gasteiger partial charge in [-0.15, -0.1) is 5.10 Å². The van der Waals surface area contributed by atoms with Crippen LogP contribution in [0.3, 0.4) is 0 Å². The number of aliphatic hydroxyl groups is 2. The highest BCUT2D eigenvalue weighted by Gasteiger charge is 2.69. The summed E-state index contributed by atoms with van der Waals surface area (Å²) >= 11 is 0. The summed E-state index contributed by atoms with van der Waals surface area (Å²) in [4.78, 5) is 0. The molecule has 0 unspecified atom stereocenters. The maximum Gasteiger partial charge on any atom is 0.417 e. The van der Waals surface area contributed by atoms with Gasteiger partial charge in [-0.25, -0.2) is 13.5 Å². The van der Waals surface area contributed by atoms with Crippen molar-refractivity contribution in [3.8, 4) is 5.75 Å². The Hall–Kier alpha value is -3.12. The van der Waals surface area contributed by atoms with E-state index in [2.05, 4.69) is 15.5 Å². The van der Waals surface area contributed by atoms with E-state index >= 15 is 0 Å². The molecule has 12 heteroatoms. The number of aliphatic hydroxyl groups excluding tert-OH is 1. The van der Waals surface area contributed by atoms with E-state index in [1.165, 1.54) is 17.1 Å². The van der Waals surface area contributed by atoms with Crippen molar-refractivity contribution < 1.29 is 36.9 Å². The van der Waals surface area contributed by atoms with Crippen molar-refractivity contribution in [3.05, 3.63) is 71.6 Å². The molecule has 1 aromatic heterocycles. The molecule has 2 atom stereocenters. The number of benzene rings is 2. The Morgan fingerprint density at radius 3 is 2.33 bits per heavy atom. The molecule has 2 N–H and O–H groups in total. The molecule has 3 aromatic rings. The molecular formula is C24H23F5N4O3. The van der Waals surface area contributed by atoms with Gasteiger partial charge in [-0.2, -0.15) is 13.2 Å². The van der Waals surface area contributed by atoms with Crippen molar-refractivity contribution in [3.63, 3.8) is 0 Å². The van der Waals surface area contributed by atoms with Crippen LogP contribution in [0.4, 0.5) is 22.0 Å². The fourth-order valence-corrected chi connectivity index (χ4v) is 5.91. The van der Waals surface area contributed by atoms with Crippen LogP contribution in [-0.4, -0.2) is 49.3 Å². The molecule has 1 heterocycles. The summed E-state index contributed by atoms with van der Waals surface area (Å²) in [6.07, 6.45) is -3.58. The van der Waals surface area contributed by atoms with Crippen LogP contribution in [0.5, 0.6) is 5.75 Å². The first-order valence-corrected chi connectivity index (χ1v) is 11.3. The molecule has 2 bridgehead atoms. The number of rotatable bonds is 9. The molecule has 0 saturated heterocycles. The Balaban J connectivity index is 1.27. The number of hydrogen-bond acceptors (Lipinski definition) is 6. The standard InChI is InChI=1S/C24H23F5N4O3/c25-16-3-6-18(19(26)7-16)23(35,13-33-14-30-31-32-33)12-21-9-22(10-21,11-21)15-1-4-17(5-2-15)36-8-20(34)24(27,28)29/h1-7,14,20,34-35H,8-13H2/t20-,21?,22?,23-/m1/s1. The lowest BCUT2D eigenvalue weighted by molar-refractivity contribution is -0.210. The number of nitrogens with zero attached hydrogens (tertiary/aromatic N) is 4. The summed E-state index contributed by atoms with van der Waals surface area (Å²) in [5.74, 6) is -1.38. The minimum absolute atomic E-state index is 0.0271. The second kappa shape index (κ2) is 8.48. The second-order valence-electron chi connectivity index (χ2n) is 10.0. The lowest BCUT2D eigenvalue weighted by Crippen LogP contribution is -2.66. The van der Waals surface area contributed by atoms with Crippen LogP contribution in [0.1, 0.15) is 36.8 Å². The highest BCUT2D eigenvalue weighted by atomic mass is 19.4. The number of alkyl halides is 3. The van der Waals surface area contributed by atoms with E-state index in [1.807, 2.05) is 0 Å². The molecule has 3 saturated carbocycles. The molecule has 0 radical (unpaired) electrons. The zero-order valence-electron chi connectivity index (χ0n) is 18.9. The van der Waals surface area contributed by atoms with Gasteiger partial charge < -0.3 is 14.9 Å². The second-order valence-corrected chi connectivity index (χ2v) is 10.0. The fourth-order valence-electron chi connectivity index (χ4n) is 5.91. The normalized spacial score (nSPS) is 25.4. The molecule has 192 valence electrons. The average molecular weight is 510 g/mol. The predicted molar refractivity (Wildman–Crippen MR) is 115 cm³/mol. The molecule has 0 aliphatic heterocycles. The van der Waals surface area contributed by atoms with Crippen LogP contribution >= 0.6 is 0 Å². The number of hydrogen-bond donors (Lipinski definition) is 2. The summed E-state index contributed by atoms with van der Waals surface area (Å²) in [6, 6.07) is 9.77. The van der Waals surface area contributed by atoms with Crippen molar-refractivity contribution in [2.45, 2.75) is 55.5 Å². The lowest BCUT2D eigenvalue weighted by Gasteiger charge is -2.72. The third kappa shape index (κ3) is 4.43. The molecular weight excluding hydrogens is 487 g/mol. The molecule has 36 heavy (non-hydrogen) atoms. The van der Waals surface area contributed by atoms with Gasteiger partial charge in [0.25, 0.3) is 0 Å². The van der Waals surface area contributed by atoms with Crippen LogP contribution < -0.4 is 4.74 Å². The van der Waals surface area contributed by atoms with Crippen LogP contribution in [-0.2, 0) is 17.6 Å². The molecule has 0 amide bonds. The minimum atomic E-state index is -4.75. The summed E-state index contributed by atoms with van der Waals surface area (Å²) in [5, 5.41) is 31.6. The van der Waals surface area contributed by atoms with Gasteiger partial charge in [0, 0.05) is 11.6 Å². The van der Waals surface area contributed by atoms with E-state index < -0.39 is 36.1 Å². The van der Waals surface area contributed by atoms with E-state index in [1.54, 1.807) is 24.3 Å². The van der Waals surface area contributed by atoms with E-state index in [0.29, 0.717) is 0 Å². The van der Waals surface area contributed by atoms with Crippen molar-refractivity contribution in [1.29, 1.82) is 0 Å². The molecule has 0 spiro atoms. The third-order valence-electron chi connectivity index (χ3n) is 7.31. The molecule has 3 aliphatic rings. The molecule has 7 nitrogen and oxygen atoms in total. The molecule has 2 aromatic carbocycles. The van der Waals surface area contributed by atoms with Gasteiger partial charge in [0.2, 0.25) is 0 Å². The fraction of sp³-hybridized carbons (Fsp3) is 0.458. The summed E-state index contributed by atoms with van der Waals surface area (Å²) in [7, 11) is 0. The largest absolute Gasteiger partial charge is 0.491 e. The quantitative estimate of drug-likeness (QED) is 0.427. The number of halogens is 5. The first-order chi connectivity index (χ1) is 16.9. The maximum atomic E-state index is 14.7. The summed E-state index contributed by atoms with van der Waals surface area (Å²) in [5.41, 5.74) is -1.10. The van der Waals surface area contributed by atoms with Crippen LogP contribution in [0.15, 0.2) is 48.8 Å². The highest BCUT2D eigenvalue weighted by Crippen LogP contribution is 2.76. The van der Waals surface area contributed by atoms with Crippen molar-refractivity contribution >= 4 is 0 Å². The molecule has 3 aliphatic carbocycles. The van der Waals surface area contributed by atoms with Crippen molar-refractivity contribution in [2.75, 3.05) is 6.61 Å². The zero-order valence-corrected chi connectivity index (χ0v) is 18.9. The van der Waals surface area contributed by atoms with Crippen molar-refractivity contribution in [1.82, 2.24) is 20.2 Å². The van der Waals surface area contributed by atoms with E-state index in [-0.39, 0.29) is 35.1 Å². The lowest BCUT2D eigenvalue weighted by atomic mass is 9.32. The Kier molecular flexibility index (Phi) is 5.79. The number of tetrazole rings is 1. The van der Waals surface area contributed by atoms with Crippen molar-refractivity contribution in [2.24, 2.45) is 5.41 Å². The van der Waals surface area contributed by atoms with Crippen LogP contribution in [0.2, 0.25) is 0 Å². The van der Waals surface area contributed by atoms with Crippen LogP contribution in [0, 0.1) is 17.0 Å². The minimum Gasteiger partial charge on any atom is -0.491 e. The van der Waals surface area contributed by atoms with Crippen LogP contribution in [0.25, 0.3) is 0 Å². The maximum absolute atomic E-state index is 14.7. The summed E-state index contributed by atoms with van der Waals surface area (Å²) < 4.78 is 71.9. The Labute approximate surface area is 202 Å². The Morgan fingerprint density at radius 2 is 1.75 bits per heavy atom. The van der Waals surface area contributed by atoms with Gasteiger partial charge in [-0.3, -0.25) is 0 Å². The number of aromatic nitrogens is 4. The van der Waals surface area contributed by atoms with Gasteiger partial charge in [0.15, 0.2) is 6.10 Å². The van der Waals surface area contributed by atoms with E-state index in [9.17, 15) is 27.1 Å². The van der Waals surface area contributed by atoms with Gasteiger partial charge >= 0.3 is 6.18 Å². The highest BCUT2D eigenvalue weighted by molar-refractivity contribution is 5.42. The monoisotopic (exact) mass is 510 g/mol. The third-order valence-corrected chi connectivity index (χ3v) is 7.31. The summed E-state index contributed by atoms with van der Waals surface area (Å²) in [6.45, 7) is -0.996. The first-order valence-electron chi connectivity index (χ1n) is 11.3. The van der Waals surface area contributed by atoms with Gasteiger partial charge in [0.05, 0.1) is 6.54 Å².